The first-order valence-electron chi connectivity index (χ1n) is 15.7. The van der Waals surface area contributed by atoms with E-state index in [4.69, 9.17) is 10.5 Å². The van der Waals surface area contributed by atoms with Crippen molar-refractivity contribution in [3.05, 3.63) is 64.2 Å². The molecule has 0 heterocycles. The second-order valence-corrected chi connectivity index (χ2v) is 12.7. The molecule has 0 fully saturated rings. The predicted octanol–water partition coefficient (Wildman–Crippen LogP) is 6.56. The molecule has 0 radical (unpaired) electrons. The summed E-state index contributed by atoms with van der Waals surface area (Å²) in [4.78, 5) is 55.2. The van der Waals surface area contributed by atoms with Gasteiger partial charge in [-0.15, -0.1) is 0 Å². The quantitative estimate of drug-likeness (QED) is 0.197. The number of nitrogens with two attached hydrogens (primary N) is 1. The summed E-state index contributed by atoms with van der Waals surface area (Å²) in [5, 5.41) is 5.65. The molecule has 2 aromatic rings. The fourth-order valence-electron chi connectivity index (χ4n) is 5.19. The molecule has 0 bridgehead atoms. The Morgan fingerprint density at radius 2 is 1.50 bits per heavy atom. The normalized spacial score (nSPS) is 12.6. The number of amides is 4. The summed E-state index contributed by atoms with van der Waals surface area (Å²) in [5.74, 6) is -1.72. The van der Waals surface area contributed by atoms with Crippen LogP contribution in [0.15, 0.2) is 36.4 Å². The number of para-hydroxylation sites is 1. The van der Waals surface area contributed by atoms with Crippen molar-refractivity contribution in [2.75, 3.05) is 11.9 Å². The average molecular weight is 609 g/mol. The topological polar surface area (TPSA) is 131 Å². The summed E-state index contributed by atoms with van der Waals surface area (Å²) in [6.45, 7) is 15.2. The van der Waals surface area contributed by atoms with E-state index in [1.165, 1.54) is 4.90 Å². The van der Waals surface area contributed by atoms with Crippen LogP contribution < -0.4 is 16.4 Å². The van der Waals surface area contributed by atoms with E-state index in [2.05, 4.69) is 17.6 Å². The highest BCUT2D eigenvalue weighted by molar-refractivity contribution is 6.00. The molecule has 4 amide bonds. The Morgan fingerprint density at radius 1 is 0.886 bits per heavy atom. The third-order valence-electron chi connectivity index (χ3n) is 7.45. The van der Waals surface area contributed by atoms with E-state index in [9.17, 15) is 19.2 Å². The van der Waals surface area contributed by atoms with Gasteiger partial charge in [-0.1, -0.05) is 81.0 Å². The van der Waals surface area contributed by atoms with Gasteiger partial charge in [0.1, 0.15) is 17.7 Å². The van der Waals surface area contributed by atoms with Crippen molar-refractivity contribution >= 4 is 29.5 Å². The molecule has 0 aliphatic rings. The minimum absolute atomic E-state index is 0.244. The molecule has 242 valence electrons. The number of primary amides is 1. The zero-order chi connectivity index (χ0) is 33.0. The number of carbonyl (C=O) groups is 4. The summed E-state index contributed by atoms with van der Waals surface area (Å²) in [5.41, 5.74) is 9.63. The van der Waals surface area contributed by atoms with Crippen molar-refractivity contribution in [1.82, 2.24) is 10.2 Å². The summed E-state index contributed by atoms with van der Waals surface area (Å²) in [6.07, 6.45) is 4.55. The van der Waals surface area contributed by atoms with Crippen LogP contribution in [0.1, 0.15) is 106 Å². The van der Waals surface area contributed by atoms with E-state index in [0.29, 0.717) is 17.7 Å². The molecule has 2 unspecified atom stereocenters. The van der Waals surface area contributed by atoms with Gasteiger partial charge in [-0.05, 0) is 77.1 Å². The van der Waals surface area contributed by atoms with Gasteiger partial charge in [0.25, 0.3) is 5.91 Å². The number of benzene rings is 2. The maximum atomic E-state index is 14.4. The molecule has 4 N–H and O–H groups in total. The lowest BCUT2D eigenvalue weighted by Gasteiger charge is -2.35. The Hall–Kier alpha value is -3.88. The van der Waals surface area contributed by atoms with Crippen LogP contribution in [0.3, 0.4) is 0 Å². The second-order valence-electron chi connectivity index (χ2n) is 12.7. The van der Waals surface area contributed by atoms with Crippen LogP contribution in [-0.2, 0) is 19.1 Å². The van der Waals surface area contributed by atoms with Crippen molar-refractivity contribution in [2.45, 2.75) is 118 Å². The molecule has 0 aliphatic carbocycles. The molecule has 44 heavy (non-hydrogen) atoms. The lowest BCUT2D eigenvalue weighted by molar-refractivity contribution is -0.142. The number of nitrogens with one attached hydrogen (secondary N) is 2. The first kappa shape index (κ1) is 36.3. The van der Waals surface area contributed by atoms with Crippen LogP contribution in [0.25, 0.3) is 0 Å². The van der Waals surface area contributed by atoms with Gasteiger partial charge in [0.15, 0.2) is 0 Å². The van der Waals surface area contributed by atoms with Crippen LogP contribution in [0.5, 0.6) is 0 Å². The van der Waals surface area contributed by atoms with Crippen molar-refractivity contribution in [3.63, 3.8) is 0 Å². The zero-order valence-electron chi connectivity index (χ0n) is 27.8. The van der Waals surface area contributed by atoms with Gasteiger partial charge in [0, 0.05) is 12.2 Å². The lowest BCUT2D eigenvalue weighted by Crippen LogP contribution is -2.53. The highest BCUT2D eigenvalue weighted by Crippen LogP contribution is 2.30. The summed E-state index contributed by atoms with van der Waals surface area (Å²) < 4.78 is 5.40. The van der Waals surface area contributed by atoms with Gasteiger partial charge in [-0.25, -0.2) is 4.79 Å². The Kier molecular flexibility index (Phi) is 13.9. The molecule has 2 aromatic carbocycles. The molecule has 0 saturated carbocycles. The first-order valence-corrected chi connectivity index (χ1v) is 15.7. The molecule has 2 atom stereocenters. The average Bonchev–Trinajstić information content (AvgIpc) is 2.91. The smallest absolute Gasteiger partial charge is 0.408 e. The number of aryl methyl sites for hydroxylation is 4. The van der Waals surface area contributed by atoms with Gasteiger partial charge < -0.3 is 26.0 Å². The highest BCUT2D eigenvalue weighted by Gasteiger charge is 2.37. The van der Waals surface area contributed by atoms with Crippen LogP contribution in [0.4, 0.5) is 10.5 Å². The Balaban J connectivity index is 2.62. The highest BCUT2D eigenvalue weighted by atomic mass is 16.6. The van der Waals surface area contributed by atoms with Crippen molar-refractivity contribution in [1.29, 1.82) is 0 Å². The summed E-state index contributed by atoms with van der Waals surface area (Å²) in [7, 11) is 0. The fraction of sp³-hybridized carbons (Fsp3) is 0.543. The maximum absolute atomic E-state index is 14.4. The number of nitrogens with zero attached hydrogens (tertiary/aromatic N) is 1. The van der Waals surface area contributed by atoms with Gasteiger partial charge in [-0.2, -0.15) is 0 Å². The maximum Gasteiger partial charge on any atom is 0.408 e. The van der Waals surface area contributed by atoms with Crippen molar-refractivity contribution < 1.29 is 23.9 Å². The Bertz CT molecular complexity index is 1280. The fourth-order valence-corrected chi connectivity index (χ4v) is 5.19. The van der Waals surface area contributed by atoms with Crippen molar-refractivity contribution in [3.8, 4) is 0 Å². The number of rotatable bonds is 15. The van der Waals surface area contributed by atoms with Gasteiger partial charge >= 0.3 is 6.09 Å². The molecule has 9 heteroatoms. The van der Waals surface area contributed by atoms with Gasteiger partial charge in [0.05, 0.1) is 6.42 Å². The Morgan fingerprint density at radius 3 is 2.09 bits per heavy atom. The van der Waals surface area contributed by atoms with Gasteiger partial charge in [0.2, 0.25) is 11.8 Å². The van der Waals surface area contributed by atoms with E-state index < -0.39 is 42.0 Å². The van der Waals surface area contributed by atoms with E-state index in [1.54, 1.807) is 20.8 Å². The van der Waals surface area contributed by atoms with Crippen molar-refractivity contribution in [2.24, 2.45) is 5.73 Å². The predicted molar refractivity (Wildman–Crippen MR) is 175 cm³/mol. The van der Waals surface area contributed by atoms with E-state index in [1.807, 2.05) is 64.1 Å². The first-order chi connectivity index (χ1) is 20.6. The standard InChI is InChI=1S/C35H52N4O5/c1-9-10-11-12-13-14-20-39(33(42)28(22-29(36)40)37-34(43)44-35(6,7)8)31(27-21-23(2)18-19-24(27)3)32(41)38-30-25(4)16-15-17-26(30)5/h15-19,21,28,31H,9-14,20,22H2,1-8H3,(H2,36,40)(H,37,43)(H,38,41). The number of hydrogen-bond donors (Lipinski definition) is 3. The summed E-state index contributed by atoms with van der Waals surface area (Å²) in [6, 6.07) is 9.21. The van der Waals surface area contributed by atoms with Crippen LogP contribution in [-0.4, -0.2) is 46.9 Å². The number of carbonyl (C=O) groups excluding carboxylic acids is 4. The molecule has 9 nitrogen and oxygen atoms in total. The minimum atomic E-state index is -1.32. The number of unbranched alkanes of at least 4 members (excludes halogenated alkanes) is 5. The van der Waals surface area contributed by atoms with E-state index >= 15 is 0 Å². The van der Waals surface area contributed by atoms with E-state index in [0.717, 1.165) is 54.4 Å². The van der Waals surface area contributed by atoms with Gasteiger partial charge in [-0.3, -0.25) is 14.4 Å². The minimum Gasteiger partial charge on any atom is -0.444 e. The second kappa shape index (κ2) is 16.8. The zero-order valence-corrected chi connectivity index (χ0v) is 27.8. The number of alkyl carbamates (subject to hydrolysis) is 1. The largest absolute Gasteiger partial charge is 0.444 e. The Labute approximate surface area is 263 Å². The molecule has 0 aromatic heterocycles. The van der Waals surface area contributed by atoms with Crippen LogP contribution in [0.2, 0.25) is 0 Å². The summed E-state index contributed by atoms with van der Waals surface area (Å²) >= 11 is 0. The van der Waals surface area contributed by atoms with Crippen LogP contribution >= 0.6 is 0 Å². The van der Waals surface area contributed by atoms with E-state index in [-0.39, 0.29) is 12.5 Å². The monoisotopic (exact) mass is 608 g/mol. The number of hydrogen-bond acceptors (Lipinski definition) is 5. The number of ether oxygens (including phenoxy) is 1. The molecular weight excluding hydrogens is 556 g/mol. The lowest BCUT2D eigenvalue weighted by atomic mass is 9.95. The molecule has 0 aliphatic heterocycles. The number of anilines is 1. The molecular formula is C35H52N4O5. The SMILES string of the molecule is CCCCCCCCN(C(=O)C(CC(N)=O)NC(=O)OC(C)(C)C)C(C(=O)Nc1c(C)cccc1C)c1cc(C)ccc1C. The molecule has 2 rings (SSSR count). The third-order valence-corrected chi connectivity index (χ3v) is 7.45. The molecule has 0 spiro atoms. The molecule has 0 saturated heterocycles. The van der Waals surface area contributed by atoms with Crippen LogP contribution in [0, 0.1) is 27.7 Å². The third kappa shape index (κ3) is 11.3.